The molecule has 1 unspecified atom stereocenters. The Balaban J connectivity index is 1.70. The Bertz CT molecular complexity index is 539. The fourth-order valence-electron chi connectivity index (χ4n) is 3.16. The predicted molar refractivity (Wildman–Crippen MR) is 86.8 cm³/mol. The maximum Gasteiger partial charge on any atom is 0.251 e. The first-order chi connectivity index (χ1) is 11.2. The summed E-state index contributed by atoms with van der Waals surface area (Å²) in [5.41, 5.74) is 1.00. The summed E-state index contributed by atoms with van der Waals surface area (Å²) in [6.45, 7) is 3.25. The average Bonchev–Trinajstić information content (AvgIpc) is 2.61. The second-order valence-corrected chi connectivity index (χ2v) is 6.49. The number of rotatable bonds is 4. The standard InChI is InChI=1S/C17H22ClNO4/c18-14-3-1-2-13(10-14)17(4-6-21-7-5-17)12-19-16(20)15-11-22-8-9-23-15/h1-3,10,15H,4-9,11-12H2,(H,19,20). The third kappa shape index (κ3) is 4.04. The Morgan fingerprint density at radius 2 is 2.04 bits per heavy atom. The molecular weight excluding hydrogens is 318 g/mol. The van der Waals surface area contributed by atoms with Crippen LogP contribution in [-0.2, 0) is 24.4 Å². The summed E-state index contributed by atoms with van der Waals surface area (Å²) < 4.78 is 16.3. The van der Waals surface area contributed by atoms with Gasteiger partial charge in [0.25, 0.3) is 5.91 Å². The van der Waals surface area contributed by atoms with Crippen molar-refractivity contribution < 1.29 is 19.0 Å². The van der Waals surface area contributed by atoms with Crippen LogP contribution in [0.25, 0.3) is 0 Å². The van der Waals surface area contributed by atoms with Crippen LogP contribution in [0.15, 0.2) is 24.3 Å². The number of amides is 1. The van der Waals surface area contributed by atoms with E-state index in [-0.39, 0.29) is 11.3 Å². The van der Waals surface area contributed by atoms with E-state index in [9.17, 15) is 4.79 Å². The number of ether oxygens (including phenoxy) is 3. The molecule has 0 aliphatic carbocycles. The quantitative estimate of drug-likeness (QED) is 0.910. The van der Waals surface area contributed by atoms with Gasteiger partial charge < -0.3 is 19.5 Å². The van der Waals surface area contributed by atoms with E-state index >= 15 is 0 Å². The van der Waals surface area contributed by atoms with Crippen molar-refractivity contribution in [3.8, 4) is 0 Å². The largest absolute Gasteiger partial charge is 0.381 e. The van der Waals surface area contributed by atoms with E-state index in [1.165, 1.54) is 0 Å². The zero-order chi connectivity index (χ0) is 16.1. The van der Waals surface area contributed by atoms with Gasteiger partial charge in [0.2, 0.25) is 0 Å². The predicted octanol–water partition coefficient (Wildman–Crippen LogP) is 1.92. The highest BCUT2D eigenvalue weighted by Gasteiger charge is 2.36. The van der Waals surface area contributed by atoms with Crippen molar-refractivity contribution in [3.63, 3.8) is 0 Å². The summed E-state index contributed by atoms with van der Waals surface area (Å²) in [7, 11) is 0. The van der Waals surface area contributed by atoms with Gasteiger partial charge in [0.05, 0.1) is 19.8 Å². The summed E-state index contributed by atoms with van der Waals surface area (Å²) in [4.78, 5) is 12.3. The van der Waals surface area contributed by atoms with Crippen LogP contribution in [0.4, 0.5) is 0 Å². The summed E-state index contributed by atoms with van der Waals surface area (Å²) in [5.74, 6) is -0.113. The second kappa shape index (κ2) is 7.62. The third-order valence-electron chi connectivity index (χ3n) is 4.60. The molecule has 5 nitrogen and oxygen atoms in total. The van der Waals surface area contributed by atoms with Crippen LogP contribution >= 0.6 is 11.6 Å². The smallest absolute Gasteiger partial charge is 0.251 e. The average molecular weight is 340 g/mol. The van der Waals surface area contributed by atoms with Crippen molar-refractivity contribution in [2.24, 2.45) is 0 Å². The third-order valence-corrected chi connectivity index (χ3v) is 4.83. The lowest BCUT2D eigenvalue weighted by molar-refractivity contribution is -0.147. The number of hydrogen-bond acceptors (Lipinski definition) is 4. The minimum atomic E-state index is -0.514. The molecule has 2 saturated heterocycles. The normalized spacial score (nSPS) is 24.1. The maximum absolute atomic E-state index is 12.3. The second-order valence-electron chi connectivity index (χ2n) is 6.06. The van der Waals surface area contributed by atoms with Gasteiger partial charge in [0.15, 0.2) is 6.10 Å². The lowest BCUT2D eigenvalue weighted by Crippen LogP contribution is -2.49. The maximum atomic E-state index is 12.3. The topological polar surface area (TPSA) is 56.8 Å². The molecule has 1 aromatic rings. The number of carbonyl (C=O) groups is 1. The molecule has 1 atom stereocenters. The molecule has 6 heteroatoms. The van der Waals surface area contributed by atoms with Crippen molar-refractivity contribution in [2.45, 2.75) is 24.4 Å². The molecular formula is C17H22ClNO4. The Morgan fingerprint density at radius 1 is 1.22 bits per heavy atom. The van der Waals surface area contributed by atoms with Crippen LogP contribution < -0.4 is 5.32 Å². The molecule has 3 rings (SSSR count). The molecule has 0 bridgehead atoms. The van der Waals surface area contributed by atoms with Gasteiger partial charge in [-0.15, -0.1) is 0 Å². The van der Waals surface area contributed by atoms with E-state index < -0.39 is 6.10 Å². The molecule has 2 heterocycles. The summed E-state index contributed by atoms with van der Waals surface area (Å²) in [6.07, 6.45) is 1.20. The van der Waals surface area contributed by atoms with Gasteiger partial charge in [0.1, 0.15) is 0 Å². The minimum absolute atomic E-state index is 0.113. The lowest BCUT2D eigenvalue weighted by Gasteiger charge is -2.38. The lowest BCUT2D eigenvalue weighted by atomic mass is 9.74. The van der Waals surface area contributed by atoms with E-state index in [1.54, 1.807) is 0 Å². The number of hydrogen-bond donors (Lipinski definition) is 1. The highest BCUT2D eigenvalue weighted by Crippen LogP contribution is 2.35. The van der Waals surface area contributed by atoms with E-state index in [0.29, 0.717) is 44.6 Å². The van der Waals surface area contributed by atoms with E-state index in [4.69, 9.17) is 25.8 Å². The number of benzene rings is 1. The molecule has 0 saturated carbocycles. The Hall–Kier alpha value is -1.14. The first-order valence-electron chi connectivity index (χ1n) is 8.00. The molecule has 23 heavy (non-hydrogen) atoms. The summed E-state index contributed by atoms with van der Waals surface area (Å²) >= 11 is 6.16. The fraction of sp³-hybridized carbons (Fsp3) is 0.588. The first kappa shape index (κ1) is 16.7. The van der Waals surface area contributed by atoms with Gasteiger partial charge in [-0.2, -0.15) is 0 Å². The Morgan fingerprint density at radius 3 is 2.74 bits per heavy atom. The summed E-state index contributed by atoms with van der Waals surface area (Å²) in [6, 6.07) is 7.88. The SMILES string of the molecule is O=C(NCC1(c2cccc(Cl)c2)CCOCC1)C1COCCO1. The monoisotopic (exact) mass is 339 g/mol. The molecule has 1 aromatic carbocycles. The van der Waals surface area contributed by atoms with Gasteiger partial charge >= 0.3 is 0 Å². The van der Waals surface area contributed by atoms with Crippen molar-refractivity contribution in [2.75, 3.05) is 39.6 Å². The molecule has 0 spiro atoms. The molecule has 2 fully saturated rings. The van der Waals surface area contributed by atoms with Gasteiger partial charge in [-0.3, -0.25) is 4.79 Å². The molecule has 1 amide bonds. The highest BCUT2D eigenvalue weighted by molar-refractivity contribution is 6.30. The Kier molecular flexibility index (Phi) is 5.54. The zero-order valence-electron chi connectivity index (χ0n) is 13.1. The minimum Gasteiger partial charge on any atom is -0.381 e. The zero-order valence-corrected chi connectivity index (χ0v) is 13.8. The fourth-order valence-corrected chi connectivity index (χ4v) is 3.35. The molecule has 2 aliphatic heterocycles. The van der Waals surface area contributed by atoms with Crippen molar-refractivity contribution in [1.82, 2.24) is 5.32 Å². The number of nitrogens with one attached hydrogen (secondary N) is 1. The molecule has 2 aliphatic rings. The highest BCUT2D eigenvalue weighted by atomic mass is 35.5. The van der Waals surface area contributed by atoms with E-state index in [2.05, 4.69) is 11.4 Å². The van der Waals surface area contributed by atoms with Crippen LogP contribution in [0.2, 0.25) is 5.02 Å². The van der Waals surface area contributed by atoms with Gasteiger partial charge in [-0.05, 0) is 30.5 Å². The van der Waals surface area contributed by atoms with Crippen LogP contribution in [0.3, 0.4) is 0 Å². The van der Waals surface area contributed by atoms with Crippen molar-refractivity contribution in [3.05, 3.63) is 34.9 Å². The molecule has 0 aromatic heterocycles. The number of halogens is 1. The molecule has 126 valence electrons. The van der Waals surface area contributed by atoms with Crippen LogP contribution in [0.5, 0.6) is 0 Å². The van der Waals surface area contributed by atoms with E-state index in [0.717, 1.165) is 18.4 Å². The van der Waals surface area contributed by atoms with Gasteiger partial charge in [-0.1, -0.05) is 23.7 Å². The summed E-state index contributed by atoms with van der Waals surface area (Å²) in [5, 5.41) is 3.75. The first-order valence-corrected chi connectivity index (χ1v) is 8.38. The number of carbonyl (C=O) groups excluding carboxylic acids is 1. The molecule has 1 N–H and O–H groups in total. The van der Waals surface area contributed by atoms with Crippen LogP contribution in [0.1, 0.15) is 18.4 Å². The van der Waals surface area contributed by atoms with Crippen molar-refractivity contribution >= 4 is 17.5 Å². The van der Waals surface area contributed by atoms with Gasteiger partial charge in [-0.25, -0.2) is 0 Å². The van der Waals surface area contributed by atoms with Crippen LogP contribution in [0, 0.1) is 0 Å². The van der Waals surface area contributed by atoms with Crippen molar-refractivity contribution in [1.29, 1.82) is 0 Å². The van der Waals surface area contributed by atoms with Gasteiger partial charge in [0, 0.05) is 30.2 Å². The molecule has 0 radical (unpaired) electrons. The van der Waals surface area contributed by atoms with Crippen LogP contribution in [-0.4, -0.2) is 51.6 Å². The van der Waals surface area contributed by atoms with E-state index in [1.807, 2.05) is 18.2 Å². The Labute approximate surface area is 141 Å².